The number of carbonyl (C=O) groups excluding carboxylic acids is 1. The van der Waals surface area contributed by atoms with Gasteiger partial charge in [0.05, 0.1) is 54.6 Å². The van der Waals surface area contributed by atoms with E-state index in [9.17, 15) is 10.1 Å². The molecule has 0 saturated carbocycles. The summed E-state index contributed by atoms with van der Waals surface area (Å²) >= 11 is 0. The van der Waals surface area contributed by atoms with Crippen molar-refractivity contribution in [1.82, 2.24) is 14.5 Å². The number of nitrogens with zero attached hydrogens (tertiary/aromatic N) is 4. The van der Waals surface area contributed by atoms with Gasteiger partial charge in [-0.15, -0.1) is 0 Å². The number of nitriles is 1. The van der Waals surface area contributed by atoms with E-state index >= 15 is 0 Å². The molecule has 0 aliphatic carbocycles. The van der Waals surface area contributed by atoms with E-state index in [0.29, 0.717) is 58.6 Å². The summed E-state index contributed by atoms with van der Waals surface area (Å²) in [4.78, 5) is 18.3. The van der Waals surface area contributed by atoms with Crippen LogP contribution in [0.2, 0.25) is 0 Å². The molecule has 9 nitrogen and oxygen atoms in total. The maximum atomic E-state index is 12.3. The Morgan fingerprint density at radius 2 is 1.97 bits per heavy atom. The minimum atomic E-state index is -0.129. The largest absolute Gasteiger partial charge is 0.497 e. The van der Waals surface area contributed by atoms with Gasteiger partial charge in [0.25, 0.3) is 0 Å². The number of fused-ring (bicyclic) bond motifs is 1. The van der Waals surface area contributed by atoms with Gasteiger partial charge in [0, 0.05) is 38.0 Å². The van der Waals surface area contributed by atoms with Crippen molar-refractivity contribution >= 4 is 22.6 Å². The minimum Gasteiger partial charge on any atom is -0.497 e. The number of aromatic nitrogens is 2. The predicted molar refractivity (Wildman–Crippen MR) is 136 cm³/mol. The van der Waals surface area contributed by atoms with Gasteiger partial charge in [-0.25, -0.2) is 4.98 Å². The predicted octanol–water partition coefficient (Wildman–Crippen LogP) is 3.01. The highest BCUT2D eigenvalue weighted by Crippen LogP contribution is 2.37. The molecule has 1 atom stereocenters. The first-order valence-corrected chi connectivity index (χ1v) is 11.3. The normalized spacial score (nSPS) is 14.7. The molecule has 1 aliphatic heterocycles. The van der Waals surface area contributed by atoms with Crippen LogP contribution in [0.1, 0.15) is 34.8 Å². The van der Waals surface area contributed by atoms with E-state index in [0.717, 1.165) is 5.69 Å². The molecule has 2 N–H and O–H groups in total. The maximum absolute atomic E-state index is 12.3. The fraction of sp³-hybridized carbons (Fsp3) is 0.296. The van der Waals surface area contributed by atoms with Crippen molar-refractivity contribution in [3.63, 3.8) is 0 Å². The zero-order valence-corrected chi connectivity index (χ0v) is 20.5. The van der Waals surface area contributed by atoms with Crippen molar-refractivity contribution < 1.29 is 19.0 Å². The van der Waals surface area contributed by atoms with Crippen LogP contribution in [-0.2, 0) is 16.1 Å². The quantitative estimate of drug-likeness (QED) is 0.421. The number of methoxy groups -OCH3 is 3. The summed E-state index contributed by atoms with van der Waals surface area (Å²) in [7, 11) is 4.75. The van der Waals surface area contributed by atoms with E-state index in [1.807, 2.05) is 16.7 Å². The lowest BCUT2D eigenvalue weighted by Crippen LogP contribution is -2.27. The lowest BCUT2D eigenvalue weighted by Gasteiger charge is -2.19. The topological polar surface area (TPSA) is 116 Å². The van der Waals surface area contributed by atoms with Gasteiger partial charge in [0.1, 0.15) is 23.4 Å². The Kier molecular flexibility index (Phi) is 7.14. The summed E-state index contributed by atoms with van der Waals surface area (Å²) in [6.45, 7) is 4.88. The second-order valence-corrected chi connectivity index (χ2v) is 8.30. The fourth-order valence-corrected chi connectivity index (χ4v) is 4.61. The highest BCUT2D eigenvalue weighted by Gasteiger charge is 2.32. The van der Waals surface area contributed by atoms with Gasteiger partial charge < -0.3 is 29.4 Å². The van der Waals surface area contributed by atoms with E-state index in [4.69, 9.17) is 19.9 Å². The number of benzene rings is 1. The van der Waals surface area contributed by atoms with Crippen LogP contribution in [0.15, 0.2) is 37.1 Å². The van der Waals surface area contributed by atoms with Crippen LogP contribution in [0.4, 0.5) is 5.82 Å². The van der Waals surface area contributed by atoms with Crippen molar-refractivity contribution in [1.29, 1.82) is 5.26 Å². The standard InChI is InChI=1S/C27H27N5O4/c1-5-24(33)31-9-8-19(15-31)32-23(16-34-2)22(25-26(32)18(13-28)14-30-27(25)29)7-6-17-10-20(35-3)12-21(11-17)36-4/h5,10-12,14,19H,1,8-9,15-16H2,2-4H3,(H2,29,30)/t19-/m0/s1. The van der Waals surface area contributed by atoms with Crippen LogP contribution in [0.5, 0.6) is 11.5 Å². The average Bonchev–Trinajstić information content (AvgIpc) is 3.50. The molecule has 1 amide bonds. The molecule has 0 radical (unpaired) electrons. The van der Waals surface area contributed by atoms with Gasteiger partial charge in [-0.05, 0) is 24.6 Å². The summed E-state index contributed by atoms with van der Waals surface area (Å²) in [6, 6.07) is 7.53. The third-order valence-corrected chi connectivity index (χ3v) is 6.25. The van der Waals surface area contributed by atoms with Crippen molar-refractivity contribution in [3.8, 4) is 29.4 Å². The molecule has 0 bridgehead atoms. The SMILES string of the molecule is C=CC(=O)N1CC[C@H](n2c(COC)c(C#Cc3cc(OC)cc(OC)c3)c3c(N)ncc(C#N)c32)C1. The number of nitrogens with two attached hydrogens (primary N) is 1. The monoisotopic (exact) mass is 485 g/mol. The van der Waals surface area contributed by atoms with Gasteiger partial charge in [-0.2, -0.15) is 5.26 Å². The van der Waals surface area contributed by atoms with Crippen LogP contribution in [0, 0.1) is 23.2 Å². The van der Waals surface area contributed by atoms with Crippen molar-refractivity contribution in [2.24, 2.45) is 0 Å². The van der Waals surface area contributed by atoms with Gasteiger partial charge in [-0.3, -0.25) is 4.79 Å². The molecule has 1 saturated heterocycles. The number of ether oxygens (including phenoxy) is 3. The van der Waals surface area contributed by atoms with Gasteiger partial charge in [0.2, 0.25) is 5.91 Å². The van der Waals surface area contributed by atoms with Crippen LogP contribution in [0.3, 0.4) is 0 Å². The molecule has 1 fully saturated rings. The number of carbonyl (C=O) groups is 1. The second-order valence-electron chi connectivity index (χ2n) is 8.30. The number of likely N-dealkylation sites (tertiary alicyclic amines) is 1. The third kappa shape index (κ3) is 4.45. The van der Waals surface area contributed by atoms with Crippen LogP contribution >= 0.6 is 0 Å². The molecule has 184 valence electrons. The molecule has 0 unspecified atom stereocenters. The molecule has 36 heavy (non-hydrogen) atoms. The van der Waals surface area contributed by atoms with E-state index < -0.39 is 0 Å². The maximum Gasteiger partial charge on any atom is 0.246 e. The first kappa shape index (κ1) is 24.6. The summed E-state index contributed by atoms with van der Waals surface area (Å²) in [6.07, 6.45) is 3.48. The van der Waals surface area contributed by atoms with Crippen molar-refractivity contribution in [2.75, 3.05) is 40.2 Å². The first-order chi connectivity index (χ1) is 17.4. The lowest BCUT2D eigenvalue weighted by molar-refractivity contribution is -0.125. The van der Waals surface area contributed by atoms with E-state index in [2.05, 4.69) is 29.5 Å². The Morgan fingerprint density at radius 1 is 1.25 bits per heavy atom. The molecule has 3 heterocycles. The molecule has 3 aromatic rings. The number of pyridine rings is 1. The van der Waals surface area contributed by atoms with Gasteiger partial charge in [-0.1, -0.05) is 18.4 Å². The van der Waals surface area contributed by atoms with Gasteiger partial charge in [0.15, 0.2) is 0 Å². The zero-order valence-electron chi connectivity index (χ0n) is 20.5. The van der Waals surface area contributed by atoms with E-state index in [-0.39, 0.29) is 24.4 Å². The number of anilines is 1. The number of hydrogen-bond acceptors (Lipinski definition) is 7. The van der Waals surface area contributed by atoms with Crippen LogP contribution < -0.4 is 15.2 Å². The van der Waals surface area contributed by atoms with Crippen molar-refractivity contribution in [2.45, 2.75) is 19.1 Å². The summed E-state index contributed by atoms with van der Waals surface area (Å²) < 4.78 is 18.3. The summed E-state index contributed by atoms with van der Waals surface area (Å²) in [5.41, 5.74) is 9.45. The minimum absolute atomic E-state index is 0.0945. The summed E-state index contributed by atoms with van der Waals surface area (Å²) in [5, 5.41) is 10.5. The Morgan fingerprint density at radius 3 is 2.58 bits per heavy atom. The van der Waals surface area contributed by atoms with Crippen LogP contribution in [-0.4, -0.2) is 54.8 Å². The Bertz CT molecular complexity index is 1420. The van der Waals surface area contributed by atoms with Crippen LogP contribution in [0.25, 0.3) is 10.9 Å². The highest BCUT2D eigenvalue weighted by molar-refractivity contribution is 5.99. The number of rotatable bonds is 6. The second kappa shape index (κ2) is 10.4. The molecule has 1 aromatic carbocycles. The molecule has 1 aliphatic rings. The smallest absolute Gasteiger partial charge is 0.246 e. The number of nitrogen functional groups attached to an aromatic ring is 1. The first-order valence-electron chi connectivity index (χ1n) is 11.3. The fourth-order valence-electron chi connectivity index (χ4n) is 4.61. The molecule has 2 aromatic heterocycles. The zero-order chi connectivity index (χ0) is 25.8. The number of hydrogen-bond donors (Lipinski definition) is 1. The molecule has 4 rings (SSSR count). The Hall–Kier alpha value is -4.47. The van der Waals surface area contributed by atoms with E-state index in [1.54, 1.807) is 32.3 Å². The molecular weight excluding hydrogens is 458 g/mol. The summed E-state index contributed by atoms with van der Waals surface area (Å²) in [5.74, 6) is 7.81. The molecule has 9 heteroatoms. The number of amides is 1. The molecule has 0 spiro atoms. The average molecular weight is 486 g/mol. The van der Waals surface area contributed by atoms with Gasteiger partial charge >= 0.3 is 0 Å². The molecular formula is C27H27N5O4. The van der Waals surface area contributed by atoms with Crippen molar-refractivity contribution in [3.05, 3.63) is 59.4 Å². The third-order valence-electron chi connectivity index (χ3n) is 6.25. The Labute approximate surface area is 209 Å². The Balaban J connectivity index is 1.96. The highest BCUT2D eigenvalue weighted by atomic mass is 16.5. The van der Waals surface area contributed by atoms with E-state index in [1.165, 1.54) is 12.3 Å². The lowest BCUT2D eigenvalue weighted by atomic mass is 10.1.